The van der Waals surface area contributed by atoms with Gasteiger partial charge in [0.05, 0.1) is 5.41 Å². The van der Waals surface area contributed by atoms with Gasteiger partial charge in [0.1, 0.15) is 6.04 Å². The van der Waals surface area contributed by atoms with Crippen LogP contribution in [-0.2, 0) is 21.4 Å². The number of hydrogen-bond donors (Lipinski definition) is 2. The second kappa shape index (κ2) is 11.4. The Bertz CT molecular complexity index is 1210. The van der Waals surface area contributed by atoms with E-state index in [2.05, 4.69) is 5.32 Å². The molecule has 0 fully saturated rings. The molecule has 6 heteroatoms. The fraction of sp³-hybridized carbons (Fsp3) is 0.133. The molecule has 2 N–H and O–H groups in total. The molecule has 0 unspecified atom stereocenters. The lowest BCUT2D eigenvalue weighted by molar-refractivity contribution is -0.141. The van der Waals surface area contributed by atoms with E-state index in [0.717, 1.165) is 16.7 Å². The number of carbonyl (C=O) groups excluding carboxylic acids is 1. The van der Waals surface area contributed by atoms with Gasteiger partial charge in [-0.1, -0.05) is 120 Å². The van der Waals surface area contributed by atoms with Gasteiger partial charge in [-0.25, -0.2) is 4.79 Å². The standard InChI is InChI=1S/C30H25Cl2NO3/c31-25-17-10-18-26(32)24(25)19-27(29(35)36)33-28(34)20-30(21-11-4-1-5-12-21,22-13-6-2-7-14-22)23-15-8-3-9-16-23/h1-18,27H,19-20H2,(H,33,34)(H,35,36)/t27-/m0/s1. The third kappa shape index (κ3) is 5.46. The molecule has 4 rings (SSSR count). The number of hydrogen-bond acceptors (Lipinski definition) is 2. The van der Waals surface area contributed by atoms with Gasteiger partial charge in [0, 0.05) is 22.9 Å². The molecule has 0 aliphatic carbocycles. The molecule has 0 spiro atoms. The van der Waals surface area contributed by atoms with Crippen LogP contribution >= 0.6 is 23.2 Å². The van der Waals surface area contributed by atoms with Crippen molar-refractivity contribution in [1.82, 2.24) is 5.32 Å². The highest BCUT2D eigenvalue weighted by Gasteiger charge is 2.39. The molecule has 4 aromatic carbocycles. The fourth-order valence-corrected chi connectivity index (χ4v) is 5.14. The molecule has 0 aliphatic heterocycles. The van der Waals surface area contributed by atoms with Crippen LogP contribution in [0.5, 0.6) is 0 Å². The molecule has 1 atom stereocenters. The van der Waals surface area contributed by atoms with Crippen LogP contribution in [0.25, 0.3) is 0 Å². The summed E-state index contributed by atoms with van der Waals surface area (Å²) >= 11 is 12.5. The van der Waals surface area contributed by atoms with E-state index in [1.54, 1.807) is 18.2 Å². The number of amides is 1. The molecule has 0 heterocycles. The zero-order chi connectivity index (χ0) is 25.5. The first-order valence-corrected chi connectivity index (χ1v) is 12.3. The number of halogens is 2. The summed E-state index contributed by atoms with van der Waals surface area (Å²) in [5.41, 5.74) is 2.43. The van der Waals surface area contributed by atoms with Gasteiger partial charge in [-0.15, -0.1) is 0 Å². The van der Waals surface area contributed by atoms with Gasteiger partial charge in [-0.2, -0.15) is 0 Å². The molecule has 0 saturated heterocycles. The second-order valence-electron chi connectivity index (χ2n) is 8.54. The number of carbonyl (C=O) groups is 2. The Balaban J connectivity index is 1.74. The smallest absolute Gasteiger partial charge is 0.326 e. The van der Waals surface area contributed by atoms with Crippen molar-refractivity contribution in [2.45, 2.75) is 24.3 Å². The highest BCUT2D eigenvalue weighted by atomic mass is 35.5. The largest absolute Gasteiger partial charge is 0.480 e. The zero-order valence-electron chi connectivity index (χ0n) is 19.4. The molecule has 0 aromatic heterocycles. The lowest BCUT2D eigenvalue weighted by Crippen LogP contribution is -2.45. The number of carboxylic acids is 1. The minimum Gasteiger partial charge on any atom is -0.480 e. The van der Waals surface area contributed by atoms with Gasteiger partial charge < -0.3 is 10.4 Å². The van der Waals surface area contributed by atoms with Gasteiger partial charge in [0.15, 0.2) is 0 Å². The van der Waals surface area contributed by atoms with E-state index in [0.29, 0.717) is 15.6 Å². The molecule has 0 bridgehead atoms. The highest BCUT2D eigenvalue weighted by molar-refractivity contribution is 6.36. The van der Waals surface area contributed by atoms with E-state index in [4.69, 9.17) is 23.2 Å². The monoisotopic (exact) mass is 517 g/mol. The molecule has 0 aliphatic rings. The first-order chi connectivity index (χ1) is 17.4. The summed E-state index contributed by atoms with van der Waals surface area (Å²) in [5.74, 6) is -1.56. The lowest BCUT2D eigenvalue weighted by atomic mass is 9.67. The van der Waals surface area contributed by atoms with Gasteiger partial charge in [0.25, 0.3) is 0 Å². The average Bonchev–Trinajstić information content (AvgIpc) is 2.90. The number of nitrogens with one attached hydrogen (secondary N) is 1. The van der Waals surface area contributed by atoms with Crippen LogP contribution in [0.2, 0.25) is 10.0 Å². The fourth-order valence-electron chi connectivity index (χ4n) is 4.59. The number of benzene rings is 4. The zero-order valence-corrected chi connectivity index (χ0v) is 20.9. The van der Waals surface area contributed by atoms with Crippen molar-refractivity contribution in [3.63, 3.8) is 0 Å². The van der Waals surface area contributed by atoms with Gasteiger partial charge >= 0.3 is 5.97 Å². The Labute approximate surface area is 220 Å². The van der Waals surface area contributed by atoms with E-state index < -0.39 is 23.3 Å². The van der Waals surface area contributed by atoms with Crippen molar-refractivity contribution < 1.29 is 14.7 Å². The van der Waals surface area contributed by atoms with Crippen molar-refractivity contribution in [2.24, 2.45) is 0 Å². The van der Waals surface area contributed by atoms with Crippen molar-refractivity contribution in [3.05, 3.63) is 141 Å². The number of rotatable bonds is 9. The van der Waals surface area contributed by atoms with Gasteiger partial charge in [0.2, 0.25) is 5.91 Å². The minimum absolute atomic E-state index is 0.00503. The van der Waals surface area contributed by atoms with Crippen LogP contribution in [0.1, 0.15) is 28.7 Å². The first kappa shape index (κ1) is 25.5. The topological polar surface area (TPSA) is 66.4 Å². The maximum Gasteiger partial charge on any atom is 0.326 e. The summed E-state index contributed by atoms with van der Waals surface area (Å²) in [5, 5.41) is 13.4. The summed E-state index contributed by atoms with van der Waals surface area (Å²) < 4.78 is 0. The summed E-state index contributed by atoms with van der Waals surface area (Å²) in [6.45, 7) is 0. The van der Waals surface area contributed by atoms with Crippen molar-refractivity contribution >= 4 is 35.1 Å². The molecular formula is C30H25Cl2NO3. The Morgan fingerprint density at radius 1 is 0.694 bits per heavy atom. The molecular weight excluding hydrogens is 493 g/mol. The maximum absolute atomic E-state index is 13.6. The number of aliphatic carboxylic acids is 1. The normalized spacial score (nSPS) is 12.1. The number of carboxylic acid groups (broad SMARTS) is 1. The molecule has 0 radical (unpaired) electrons. The van der Waals surface area contributed by atoms with E-state index in [1.165, 1.54) is 0 Å². The van der Waals surface area contributed by atoms with Crippen molar-refractivity contribution in [2.75, 3.05) is 0 Å². The van der Waals surface area contributed by atoms with E-state index in [9.17, 15) is 14.7 Å². The molecule has 4 nitrogen and oxygen atoms in total. The van der Waals surface area contributed by atoms with Crippen LogP contribution in [-0.4, -0.2) is 23.0 Å². The summed E-state index contributed by atoms with van der Waals surface area (Å²) in [4.78, 5) is 25.7. The van der Waals surface area contributed by atoms with Crippen LogP contribution in [0, 0.1) is 0 Å². The maximum atomic E-state index is 13.6. The van der Waals surface area contributed by atoms with E-state index in [-0.39, 0.29) is 12.8 Å². The molecule has 1 amide bonds. The molecule has 36 heavy (non-hydrogen) atoms. The predicted octanol–water partition coefficient (Wildman–Crippen LogP) is 6.53. The third-order valence-corrected chi connectivity index (χ3v) is 7.04. The Morgan fingerprint density at radius 2 is 1.11 bits per heavy atom. The summed E-state index contributed by atoms with van der Waals surface area (Å²) in [6, 6.07) is 33.1. The molecule has 4 aromatic rings. The lowest BCUT2D eigenvalue weighted by Gasteiger charge is -2.36. The Morgan fingerprint density at radius 3 is 1.50 bits per heavy atom. The van der Waals surface area contributed by atoms with Crippen LogP contribution in [0.15, 0.2) is 109 Å². The van der Waals surface area contributed by atoms with Crippen LogP contribution in [0.3, 0.4) is 0 Å². The van der Waals surface area contributed by atoms with Crippen LogP contribution < -0.4 is 5.32 Å². The quantitative estimate of drug-likeness (QED) is 0.248. The van der Waals surface area contributed by atoms with E-state index in [1.807, 2.05) is 91.0 Å². The Hall–Kier alpha value is -3.60. The van der Waals surface area contributed by atoms with Crippen LogP contribution in [0.4, 0.5) is 0 Å². The van der Waals surface area contributed by atoms with Gasteiger partial charge in [-0.05, 0) is 34.4 Å². The molecule has 182 valence electrons. The third-order valence-electron chi connectivity index (χ3n) is 6.33. The average molecular weight is 518 g/mol. The molecule has 0 saturated carbocycles. The minimum atomic E-state index is -1.20. The first-order valence-electron chi connectivity index (χ1n) is 11.5. The SMILES string of the molecule is O=C(CC(c1ccccc1)(c1ccccc1)c1ccccc1)N[C@@H](Cc1c(Cl)cccc1Cl)C(=O)O. The second-order valence-corrected chi connectivity index (χ2v) is 9.36. The van der Waals surface area contributed by atoms with Crippen molar-refractivity contribution in [1.29, 1.82) is 0 Å². The Kier molecular flexibility index (Phi) is 8.09. The summed E-state index contributed by atoms with van der Waals surface area (Å²) in [6.07, 6.45) is -0.0281. The summed E-state index contributed by atoms with van der Waals surface area (Å²) in [7, 11) is 0. The van der Waals surface area contributed by atoms with Crippen molar-refractivity contribution in [3.8, 4) is 0 Å². The van der Waals surface area contributed by atoms with E-state index >= 15 is 0 Å². The highest BCUT2D eigenvalue weighted by Crippen LogP contribution is 2.42. The predicted molar refractivity (Wildman–Crippen MR) is 144 cm³/mol. The van der Waals surface area contributed by atoms with Gasteiger partial charge in [-0.3, -0.25) is 4.79 Å².